The van der Waals surface area contributed by atoms with Crippen molar-refractivity contribution in [2.24, 2.45) is 7.05 Å². The van der Waals surface area contributed by atoms with E-state index >= 15 is 0 Å². The Kier molecular flexibility index (Phi) is 6.21. The molecule has 1 aromatic carbocycles. The van der Waals surface area contributed by atoms with Crippen molar-refractivity contribution in [3.8, 4) is 0 Å². The van der Waals surface area contributed by atoms with Crippen LogP contribution in [0.3, 0.4) is 0 Å². The van der Waals surface area contributed by atoms with Gasteiger partial charge in [0.2, 0.25) is 5.91 Å². The molecule has 0 spiro atoms. The van der Waals surface area contributed by atoms with Crippen LogP contribution in [0.15, 0.2) is 60.9 Å². The van der Waals surface area contributed by atoms with Crippen molar-refractivity contribution < 1.29 is 33.3 Å². The minimum absolute atomic E-state index is 0. The number of rotatable bonds is 3. The summed E-state index contributed by atoms with van der Waals surface area (Å²) in [5.41, 5.74) is 1.79. The number of hydrogen-bond acceptors (Lipinski definition) is 1. The third kappa shape index (κ3) is 5.21. The number of amides is 1. The van der Waals surface area contributed by atoms with Gasteiger partial charge in [-0.3, -0.25) is 4.79 Å². The number of para-hydroxylation sites is 1. The van der Waals surface area contributed by atoms with Gasteiger partial charge in [0.05, 0.1) is 0 Å². The second-order valence-corrected chi connectivity index (χ2v) is 3.99. The summed E-state index contributed by atoms with van der Waals surface area (Å²) in [5.74, 6) is -0.130. The van der Waals surface area contributed by atoms with Crippen molar-refractivity contribution in [3.05, 3.63) is 66.5 Å². The van der Waals surface area contributed by atoms with Crippen molar-refractivity contribution >= 4 is 17.7 Å². The zero-order valence-electron chi connectivity index (χ0n) is 10.6. The number of nitrogens with zero attached hydrogens (tertiary/aromatic N) is 1. The molecule has 0 saturated heterocycles. The summed E-state index contributed by atoms with van der Waals surface area (Å²) >= 11 is 0. The molecule has 98 valence electrons. The Balaban J connectivity index is 0.00000180. The van der Waals surface area contributed by atoms with Crippen molar-refractivity contribution in [1.82, 2.24) is 0 Å². The molecule has 0 aliphatic rings. The Morgan fingerprint density at radius 2 is 1.74 bits per heavy atom. The zero-order chi connectivity index (χ0) is 12.8. The summed E-state index contributed by atoms with van der Waals surface area (Å²) in [4.78, 5) is 11.6. The molecule has 0 fully saturated rings. The van der Waals surface area contributed by atoms with E-state index in [4.69, 9.17) is 0 Å². The molecule has 19 heavy (non-hydrogen) atoms. The summed E-state index contributed by atoms with van der Waals surface area (Å²) in [6.45, 7) is 0. The maximum Gasteiger partial charge on any atom is 0.248 e. The molecule has 0 bridgehead atoms. The van der Waals surface area contributed by atoms with Gasteiger partial charge in [-0.1, -0.05) is 18.2 Å². The number of aryl methyl sites for hydroxylation is 1. The zero-order valence-corrected chi connectivity index (χ0v) is 12.7. The average Bonchev–Trinajstić information content (AvgIpc) is 2.39. The fourth-order valence-electron chi connectivity index (χ4n) is 1.50. The quantitative estimate of drug-likeness (QED) is 0.429. The molecule has 0 radical (unpaired) electrons. The van der Waals surface area contributed by atoms with E-state index < -0.39 is 0 Å². The summed E-state index contributed by atoms with van der Waals surface area (Å²) in [6, 6.07) is 13.3. The molecular formula is C15H15IN2O. The normalized spacial score (nSPS) is 9.95. The maximum absolute atomic E-state index is 11.6. The van der Waals surface area contributed by atoms with E-state index in [0.717, 1.165) is 11.3 Å². The lowest BCUT2D eigenvalue weighted by Gasteiger charge is -2.00. The molecule has 3 nitrogen and oxygen atoms in total. The number of pyridine rings is 1. The monoisotopic (exact) mass is 366 g/mol. The average molecular weight is 366 g/mol. The lowest BCUT2D eigenvalue weighted by atomic mass is 10.2. The van der Waals surface area contributed by atoms with Gasteiger partial charge in [-0.25, -0.2) is 4.57 Å². The standard InChI is InChI=1S/C15H14N2O.HI/c1-17-11-9-13(10-12-17)7-8-15(18)16-14-5-3-2-4-6-14;/h2-12H,1H3;1H. The number of nitrogens with one attached hydrogen (secondary N) is 1. The number of benzene rings is 1. The van der Waals surface area contributed by atoms with E-state index in [-0.39, 0.29) is 29.9 Å². The highest BCUT2D eigenvalue weighted by atomic mass is 127. The molecular weight excluding hydrogens is 351 g/mol. The predicted octanol–water partition coefficient (Wildman–Crippen LogP) is -0.833. The number of carbonyl (C=O) groups excluding carboxylic acids is 1. The molecule has 4 heteroatoms. The van der Waals surface area contributed by atoms with E-state index in [9.17, 15) is 4.79 Å². The number of halogens is 1. The summed E-state index contributed by atoms with van der Waals surface area (Å²) in [5, 5.41) is 2.79. The smallest absolute Gasteiger partial charge is 0.248 e. The van der Waals surface area contributed by atoms with Gasteiger partial charge in [0.25, 0.3) is 0 Å². The first-order valence-corrected chi connectivity index (χ1v) is 5.73. The van der Waals surface area contributed by atoms with Gasteiger partial charge in [0.1, 0.15) is 7.05 Å². The molecule has 0 unspecified atom stereocenters. The summed E-state index contributed by atoms with van der Waals surface area (Å²) < 4.78 is 1.95. The van der Waals surface area contributed by atoms with Crippen LogP contribution in [0.25, 0.3) is 6.08 Å². The van der Waals surface area contributed by atoms with E-state index in [1.165, 1.54) is 6.08 Å². The minimum Gasteiger partial charge on any atom is -1.00 e. The van der Waals surface area contributed by atoms with Crippen molar-refractivity contribution in [2.45, 2.75) is 0 Å². The summed E-state index contributed by atoms with van der Waals surface area (Å²) in [6.07, 6.45) is 7.20. The molecule has 1 N–H and O–H groups in total. The molecule has 0 aliphatic heterocycles. The molecule has 1 heterocycles. The van der Waals surface area contributed by atoms with Crippen LogP contribution in [0.2, 0.25) is 0 Å². The Labute approximate surface area is 130 Å². The highest BCUT2D eigenvalue weighted by molar-refractivity contribution is 6.01. The Morgan fingerprint density at radius 1 is 1.11 bits per heavy atom. The third-order valence-electron chi connectivity index (χ3n) is 2.47. The molecule has 1 amide bonds. The first-order valence-electron chi connectivity index (χ1n) is 5.73. The van der Waals surface area contributed by atoms with Gasteiger partial charge in [-0.05, 0) is 23.8 Å². The Morgan fingerprint density at radius 3 is 2.37 bits per heavy atom. The second kappa shape index (κ2) is 7.68. The van der Waals surface area contributed by atoms with Crippen molar-refractivity contribution in [3.63, 3.8) is 0 Å². The molecule has 2 aromatic rings. The van der Waals surface area contributed by atoms with Gasteiger partial charge in [0.15, 0.2) is 12.4 Å². The van der Waals surface area contributed by atoms with Gasteiger partial charge >= 0.3 is 0 Å². The van der Waals surface area contributed by atoms with Crippen molar-refractivity contribution in [2.75, 3.05) is 5.32 Å². The van der Waals surface area contributed by atoms with Gasteiger partial charge in [0, 0.05) is 23.9 Å². The van der Waals surface area contributed by atoms with Crippen LogP contribution in [0.5, 0.6) is 0 Å². The van der Waals surface area contributed by atoms with E-state index in [1.807, 2.05) is 66.5 Å². The fourth-order valence-corrected chi connectivity index (χ4v) is 1.50. The number of carbonyl (C=O) groups is 1. The van der Waals surface area contributed by atoms with Gasteiger partial charge in [-0.15, -0.1) is 0 Å². The molecule has 0 atom stereocenters. The van der Waals surface area contributed by atoms with Gasteiger partial charge < -0.3 is 29.3 Å². The van der Waals surface area contributed by atoms with Crippen LogP contribution < -0.4 is 33.9 Å². The third-order valence-corrected chi connectivity index (χ3v) is 2.47. The Hall–Kier alpha value is -1.69. The molecule has 1 aromatic heterocycles. The van der Waals surface area contributed by atoms with Crippen LogP contribution >= 0.6 is 0 Å². The highest BCUT2D eigenvalue weighted by Gasteiger charge is 1.97. The van der Waals surface area contributed by atoms with Crippen LogP contribution in [-0.4, -0.2) is 5.91 Å². The van der Waals surface area contributed by atoms with Crippen LogP contribution in [0.1, 0.15) is 5.56 Å². The minimum atomic E-state index is -0.130. The lowest BCUT2D eigenvalue weighted by Crippen LogP contribution is -3.00. The molecule has 2 rings (SSSR count). The van der Waals surface area contributed by atoms with Crippen LogP contribution in [-0.2, 0) is 11.8 Å². The van der Waals surface area contributed by atoms with E-state index in [1.54, 1.807) is 6.08 Å². The SMILES string of the molecule is C[n+]1ccc(C=CC(=O)Nc2ccccc2)cc1.[I-]. The Bertz CT molecular complexity index is 550. The lowest BCUT2D eigenvalue weighted by molar-refractivity contribution is -0.671. The van der Waals surface area contributed by atoms with E-state index in [2.05, 4.69) is 5.32 Å². The van der Waals surface area contributed by atoms with E-state index in [0.29, 0.717) is 0 Å². The predicted molar refractivity (Wildman–Crippen MR) is 71.7 cm³/mol. The molecule has 0 aliphatic carbocycles. The first kappa shape index (κ1) is 15.4. The largest absolute Gasteiger partial charge is 1.00 e. The molecule has 0 saturated carbocycles. The highest BCUT2D eigenvalue weighted by Crippen LogP contribution is 2.05. The van der Waals surface area contributed by atoms with Crippen LogP contribution in [0, 0.1) is 0 Å². The number of anilines is 1. The summed E-state index contributed by atoms with van der Waals surface area (Å²) in [7, 11) is 1.95. The number of aromatic nitrogens is 1. The maximum atomic E-state index is 11.6. The number of hydrogen-bond donors (Lipinski definition) is 1. The van der Waals surface area contributed by atoms with Crippen LogP contribution in [0.4, 0.5) is 5.69 Å². The first-order chi connectivity index (χ1) is 8.74. The topological polar surface area (TPSA) is 33.0 Å². The second-order valence-electron chi connectivity index (χ2n) is 3.99. The fraction of sp³-hybridized carbons (Fsp3) is 0.0667. The van der Waals surface area contributed by atoms with Crippen molar-refractivity contribution in [1.29, 1.82) is 0 Å². The van der Waals surface area contributed by atoms with Gasteiger partial charge in [-0.2, -0.15) is 0 Å².